The lowest BCUT2D eigenvalue weighted by Gasteiger charge is -1.84. The highest BCUT2D eigenvalue weighted by Crippen LogP contribution is 1.87. The predicted molar refractivity (Wildman–Crippen MR) is 42.1 cm³/mol. The molecule has 3 heteroatoms. The number of sulfone groups is 1. The summed E-state index contributed by atoms with van der Waals surface area (Å²) in [5.74, 6) is 2.70. The van der Waals surface area contributed by atoms with Crippen molar-refractivity contribution >= 4 is 9.84 Å². The summed E-state index contributed by atoms with van der Waals surface area (Å²) in [5, 5.41) is 2.23. The molecule has 0 N–H and O–H groups in total. The molecule has 0 rings (SSSR count). The zero-order chi connectivity index (χ0) is 8.04. The van der Waals surface area contributed by atoms with Crippen LogP contribution < -0.4 is 0 Å². The van der Waals surface area contributed by atoms with Crippen LogP contribution in [0.15, 0.2) is 0 Å². The van der Waals surface area contributed by atoms with Crippen LogP contribution in [0.3, 0.4) is 0 Å². The Kier molecular flexibility index (Phi) is 4.13. The standard InChI is InChI=1S/C7H12O2S/c1-3-5-6-7-10(8,9)4-2/h3-5H2,1-2H3. The van der Waals surface area contributed by atoms with Crippen LogP contribution in [0.5, 0.6) is 0 Å². The van der Waals surface area contributed by atoms with Gasteiger partial charge in [-0.3, -0.25) is 0 Å². The van der Waals surface area contributed by atoms with Crippen LogP contribution >= 0.6 is 0 Å². The molecule has 0 amide bonds. The topological polar surface area (TPSA) is 34.1 Å². The van der Waals surface area contributed by atoms with Crippen LogP contribution in [-0.2, 0) is 9.84 Å². The summed E-state index contributed by atoms with van der Waals surface area (Å²) in [6.07, 6.45) is 1.57. The van der Waals surface area contributed by atoms with E-state index in [1.54, 1.807) is 6.92 Å². The minimum absolute atomic E-state index is 0.115. The molecule has 0 unspecified atom stereocenters. The Labute approximate surface area is 62.6 Å². The number of hydrogen-bond donors (Lipinski definition) is 0. The highest BCUT2D eigenvalue weighted by molar-refractivity contribution is 7.96. The van der Waals surface area contributed by atoms with Gasteiger partial charge in [0.1, 0.15) is 0 Å². The normalized spacial score (nSPS) is 10.2. The van der Waals surface area contributed by atoms with Crippen LogP contribution in [0.1, 0.15) is 26.7 Å². The minimum Gasteiger partial charge on any atom is -0.215 e. The second kappa shape index (κ2) is 4.35. The molecule has 0 aliphatic carbocycles. The maximum atomic E-state index is 10.7. The third-order valence-corrected chi connectivity index (χ3v) is 2.20. The summed E-state index contributed by atoms with van der Waals surface area (Å²) in [4.78, 5) is 0. The maximum Gasteiger partial charge on any atom is 0.216 e. The summed E-state index contributed by atoms with van der Waals surface area (Å²) in [6.45, 7) is 3.56. The highest BCUT2D eigenvalue weighted by atomic mass is 32.2. The second-order valence-corrected chi connectivity index (χ2v) is 3.94. The van der Waals surface area contributed by atoms with E-state index >= 15 is 0 Å². The lowest BCUT2D eigenvalue weighted by Crippen LogP contribution is -1.97. The van der Waals surface area contributed by atoms with Crippen molar-refractivity contribution in [3.8, 4) is 11.2 Å². The zero-order valence-electron chi connectivity index (χ0n) is 6.35. The molecule has 0 atom stereocenters. The molecule has 2 nitrogen and oxygen atoms in total. The van der Waals surface area contributed by atoms with Gasteiger partial charge in [0.2, 0.25) is 9.84 Å². The molecular formula is C7H12O2S. The summed E-state index contributed by atoms with van der Waals surface area (Å²) >= 11 is 0. The fourth-order valence-corrected chi connectivity index (χ4v) is 0.824. The third-order valence-electron chi connectivity index (χ3n) is 0.983. The van der Waals surface area contributed by atoms with Crippen LogP contribution in [0.25, 0.3) is 0 Å². The SMILES string of the molecule is CCCC#CS(=O)(=O)CC. The van der Waals surface area contributed by atoms with Crippen molar-refractivity contribution in [3.05, 3.63) is 0 Å². The molecule has 0 aromatic carbocycles. The quantitative estimate of drug-likeness (QED) is 0.449. The van der Waals surface area contributed by atoms with E-state index in [1.165, 1.54) is 0 Å². The first-order valence-corrected chi connectivity index (χ1v) is 5.00. The Morgan fingerprint density at radius 1 is 1.30 bits per heavy atom. The summed E-state index contributed by atoms with van der Waals surface area (Å²) in [5.41, 5.74) is 0. The van der Waals surface area contributed by atoms with Crippen molar-refractivity contribution in [2.45, 2.75) is 26.7 Å². The van der Waals surface area contributed by atoms with Crippen molar-refractivity contribution in [1.29, 1.82) is 0 Å². The largest absolute Gasteiger partial charge is 0.216 e. The fourth-order valence-electron chi connectivity index (χ4n) is 0.358. The average Bonchev–Trinajstić information content (AvgIpc) is 1.89. The number of unbranched alkanes of at least 4 members (excludes halogenated alkanes) is 1. The van der Waals surface area contributed by atoms with Crippen molar-refractivity contribution < 1.29 is 8.42 Å². The molecule has 0 aromatic rings. The monoisotopic (exact) mass is 160 g/mol. The smallest absolute Gasteiger partial charge is 0.215 e. The van der Waals surface area contributed by atoms with Crippen molar-refractivity contribution in [2.75, 3.05) is 5.75 Å². The maximum absolute atomic E-state index is 10.7. The van der Waals surface area contributed by atoms with Gasteiger partial charge >= 0.3 is 0 Å². The molecule has 0 spiro atoms. The Bertz CT molecular complexity index is 228. The van der Waals surface area contributed by atoms with E-state index < -0.39 is 9.84 Å². The van der Waals surface area contributed by atoms with Gasteiger partial charge in [-0.25, -0.2) is 8.42 Å². The van der Waals surface area contributed by atoms with Gasteiger partial charge in [-0.1, -0.05) is 19.8 Å². The summed E-state index contributed by atoms with van der Waals surface area (Å²) < 4.78 is 21.4. The zero-order valence-corrected chi connectivity index (χ0v) is 7.16. The molecule has 0 aliphatic heterocycles. The van der Waals surface area contributed by atoms with Crippen molar-refractivity contribution in [2.24, 2.45) is 0 Å². The Hall–Kier alpha value is -0.490. The van der Waals surface area contributed by atoms with Gasteiger partial charge in [-0.05, 0) is 6.42 Å². The molecule has 0 bridgehead atoms. The molecule has 0 fully saturated rings. The lowest BCUT2D eigenvalue weighted by atomic mass is 10.4. The van der Waals surface area contributed by atoms with Gasteiger partial charge in [0.15, 0.2) is 0 Å². The Morgan fingerprint density at radius 2 is 1.90 bits per heavy atom. The van der Waals surface area contributed by atoms with Gasteiger partial charge in [0.25, 0.3) is 0 Å². The molecule has 0 saturated carbocycles. The molecule has 58 valence electrons. The minimum atomic E-state index is -3.05. The molecule has 0 heterocycles. The van der Waals surface area contributed by atoms with Crippen LogP contribution in [-0.4, -0.2) is 14.2 Å². The predicted octanol–water partition coefficient (Wildman–Crippen LogP) is 1.18. The van der Waals surface area contributed by atoms with E-state index in [0.717, 1.165) is 6.42 Å². The van der Waals surface area contributed by atoms with Gasteiger partial charge in [-0.2, -0.15) is 0 Å². The van der Waals surface area contributed by atoms with Gasteiger partial charge in [0, 0.05) is 11.7 Å². The molecule has 10 heavy (non-hydrogen) atoms. The first-order valence-electron chi connectivity index (χ1n) is 3.34. The lowest BCUT2D eigenvalue weighted by molar-refractivity contribution is 0.607. The van der Waals surface area contributed by atoms with Crippen molar-refractivity contribution in [1.82, 2.24) is 0 Å². The number of rotatable bonds is 2. The highest BCUT2D eigenvalue weighted by Gasteiger charge is 1.98. The van der Waals surface area contributed by atoms with Crippen LogP contribution in [0.2, 0.25) is 0 Å². The van der Waals surface area contributed by atoms with E-state index in [9.17, 15) is 8.42 Å². The fraction of sp³-hybridized carbons (Fsp3) is 0.714. The van der Waals surface area contributed by atoms with Gasteiger partial charge < -0.3 is 0 Å². The summed E-state index contributed by atoms with van der Waals surface area (Å²) in [7, 11) is -3.05. The molecular weight excluding hydrogens is 148 g/mol. The van der Waals surface area contributed by atoms with E-state index in [-0.39, 0.29) is 5.75 Å². The molecule has 0 aromatic heterocycles. The van der Waals surface area contributed by atoms with E-state index in [1.807, 2.05) is 6.92 Å². The summed E-state index contributed by atoms with van der Waals surface area (Å²) in [6, 6.07) is 0. The van der Waals surface area contributed by atoms with E-state index in [4.69, 9.17) is 0 Å². The van der Waals surface area contributed by atoms with E-state index in [0.29, 0.717) is 6.42 Å². The molecule has 0 radical (unpaired) electrons. The molecule has 0 saturated heterocycles. The first-order chi connectivity index (χ1) is 4.62. The van der Waals surface area contributed by atoms with Crippen LogP contribution in [0, 0.1) is 11.2 Å². The Balaban J connectivity index is 4.04. The van der Waals surface area contributed by atoms with Gasteiger partial charge in [0.05, 0.1) is 5.75 Å². The van der Waals surface area contributed by atoms with Crippen molar-refractivity contribution in [3.63, 3.8) is 0 Å². The third kappa shape index (κ3) is 4.39. The van der Waals surface area contributed by atoms with E-state index in [2.05, 4.69) is 11.2 Å². The average molecular weight is 160 g/mol. The second-order valence-electron chi connectivity index (χ2n) is 1.93. The molecule has 0 aliphatic rings. The number of hydrogen-bond acceptors (Lipinski definition) is 2. The van der Waals surface area contributed by atoms with Gasteiger partial charge in [-0.15, -0.1) is 0 Å². The Morgan fingerprint density at radius 3 is 2.30 bits per heavy atom. The first kappa shape index (κ1) is 9.51. The van der Waals surface area contributed by atoms with Crippen LogP contribution in [0.4, 0.5) is 0 Å².